The topological polar surface area (TPSA) is 66.5 Å². The first-order valence-electron chi connectivity index (χ1n) is 5.32. The van der Waals surface area contributed by atoms with Gasteiger partial charge in [-0.15, -0.1) is 0 Å². The van der Waals surface area contributed by atoms with E-state index in [4.69, 9.17) is 46.4 Å². The van der Waals surface area contributed by atoms with Crippen molar-refractivity contribution in [2.75, 3.05) is 5.32 Å². The van der Waals surface area contributed by atoms with Crippen LogP contribution in [-0.4, -0.2) is 19.9 Å². The number of anilines is 2. The summed E-state index contributed by atoms with van der Waals surface area (Å²) in [4.78, 5) is 15.1. The van der Waals surface area contributed by atoms with Crippen molar-refractivity contribution < 1.29 is 0 Å². The molecule has 20 heavy (non-hydrogen) atoms. The molecule has 1 aromatic carbocycles. The molecule has 2 aromatic heterocycles. The number of halogens is 4. The standard InChI is InChI=1S/C11H5Cl4N5/c12-4-1-5(7(14)8(15)6(4)13)20-11-9-10(17-2-16-9)18-3-19-11/h1-3H,(H2,16,17,18,19,20). The fraction of sp³-hybridized carbons (Fsp3) is 0. The lowest BCUT2D eigenvalue weighted by Gasteiger charge is -2.11. The second kappa shape index (κ2) is 5.26. The van der Waals surface area contributed by atoms with E-state index < -0.39 is 0 Å². The summed E-state index contributed by atoms with van der Waals surface area (Å²) in [5.74, 6) is 0.504. The summed E-state index contributed by atoms with van der Waals surface area (Å²) in [5.41, 5.74) is 1.66. The summed E-state index contributed by atoms with van der Waals surface area (Å²) in [5, 5.41) is 3.96. The molecule has 5 nitrogen and oxygen atoms in total. The Morgan fingerprint density at radius 2 is 1.75 bits per heavy atom. The number of rotatable bonds is 2. The molecule has 0 saturated carbocycles. The SMILES string of the molecule is Clc1cc(Nc2ncnc3nc[nH]c23)c(Cl)c(Cl)c1Cl. The molecule has 0 amide bonds. The fourth-order valence-electron chi connectivity index (χ4n) is 1.65. The average molecular weight is 349 g/mol. The van der Waals surface area contributed by atoms with Crippen LogP contribution in [-0.2, 0) is 0 Å². The minimum Gasteiger partial charge on any atom is -0.340 e. The highest BCUT2D eigenvalue weighted by molar-refractivity contribution is 6.52. The van der Waals surface area contributed by atoms with Crippen molar-refractivity contribution in [3.8, 4) is 0 Å². The predicted molar refractivity (Wildman–Crippen MR) is 81.4 cm³/mol. The van der Waals surface area contributed by atoms with E-state index in [1.54, 1.807) is 6.07 Å². The maximum atomic E-state index is 6.14. The summed E-state index contributed by atoms with van der Waals surface area (Å²) in [6.07, 6.45) is 2.91. The third kappa shape index (κ3) is 2.27. The molecule has 0 aliphatic carbocycles. The summed E-state index contributed by atoms with van der Waals surface area (Å²) in [7, 11) is 0. The highest BCUT2D eigenvalue weighted by atomic mass is 35.5. The Labute approximate surface area is 133 Å². The fourth-order valence-corrected chi connectivity index (χ4v) is 2.50. The van der Waals surface area contributed by atoms with E-state index in [-0.39, 0.29) is 15.1 Å². The molecular weight excluding hydrogens is 344 g/mol. The lowest BCUT2D eigenvalue weighted by Crippen LogP contribution is -1.97. The highest BCUT2D eigenvalue weighted by Crippen LogP contribution is 2.41. The van der Waals surface area contributed by atoms with Gasteiger partial charge in [0, 0.05) is 0 Å². The molecule has 0 unspecified atom stereocenters. The van der Waals surface area contributed by atoms with Gasteiger partial charge in [0.15, 0.2) is 11.5 Å². The number of hydrogen-bond donors (Lipinski definition) is 2. The average Bonchev–Trinajstić information content (AvgIpc) is 2.92. The lowest BCUT2D eigenvalue weighted by atomic mass is 10.3. The van der Waals surface area contributed by atoms with Gasteiger partial charge in [0.2, 0.25) is 0 Å². The molecule has 0 aliphatic heterocycles. The monoisotopic (exact) mass is 347 g/mol. The van der Waals surface area contributed by atoms with Gasteiger partial charge in [0.25, 0.3) is 0 Å². The molecule has 0 aliphatic rings. The summed E-state index contributed by atoms with van der Waals surface area (Å²) in [6, 6.07) is 1.57. The number of nitrogens with zero attached hydrogens (tertiary/aromatic N) is 3. The molecule has 0 radical (unpaired) electrons. The number of imidazole rings is 1. The van der Waals surface area contributed by atoms with Crippen molar-refractivity contribution in [2.24, 2.45) is 0 Å². The van der Waals surface area contributed by atoms with Crippen LogP contribution in [0.25, 0.3) is 11.2 Å². The zero-order valence-corrected chi connectivity index (χ0v) is 12.6. The van der Waals surface area contributed by atoms with E-state index >= 15 is 0 Å². The van der Waals surface area contributed by atoms with Crippen LogP contribution in [0.3, 0.4) is 0 Å². The number of aromatic nitrogens is 4. The van der Waals surface area contributed by atoms with Gasteiger partial charge in [-0.1, -0.05) is 46.4 Å². The second-order valence-corrected chi connectivity index (χ2v) is 5.34. The molecule has 0 spiro atoms. The van der Waals surface area contributed by atoms with Crippen molar-refractivity contribution in [3.05, 3.63) is 38.8 Å². The number of hydrogen-bond acceptors (Lipinski definition) is 4. The van der Waals surface area contributed by atoms with Crippen LogP contribution < -0.4 is 5.32 Å². The Kier molecular flexibility index (Phi) is 3.60. The number of benzene rings is 1. The smallest absolute Gasteiger partial charge is 0.182 e. The minimum atomic E-state index is 0.179. The zero-order valence-electron chi connectivity index (χ0n) is 9.59. The van der Waals surface area contributed by atoms with Crippen LogP contribution in [0.15, 0.2) is 18.7 Å². The number of H-pyrrole nitrogens is 1. The second-order valence-electron chi connectivity index (χ2n) is 3.80. The number of nitrogens with one attached hydrogen (secondary N) is 2. The number of fused-ring (bicyclic) bond motifs is 1. The maximum absolute atomic E-state index is 6.14. The first kappa shape index (κ1) is 13.7. The van der Waals surface area contributed by atoms with Crippen LogP contribution in [0.5, 0.6) is 0 Å². The van der Waals surface area contributed by atoms with Crippen LogP contribution >= 0.6 is 46.4 Å². The van der Waals surface area contributed by atoms with Gasteiger partial charge in [0.1, 0.15) is 11.8 Å². The van der Waals surface area contributed by atoms with Gasteiger partial charge in [0.05, 0.1) is 32.1 Å². The van der Waals surface area contributed by atoms with Gasteiger partial charge in [-0.3, -0.25) is 0 Å². The van der Waals surface area contributed by atoms with E-state index in [2.05, 4.69) is 25.3 Å². The maximum Gasteiger partial charge on any atom is 0.182 e. The Hall–Kier alpha value is -1.27. The van der Waals surface area contributed by atoms with E-state index in [9.17, 15) is 0 Å². The predicted octanol–water partition coefficient (Wildman–Crippen LogP) is 4.71. The molecule has 0 atom stereocenters. The van der Waals surface area contributed by atoms with Gasteiger partial charge in [-0.2, -0.15) is 0 Å². The van der Waals surface area contributed by atoms with Gasteiger partial charge in [-0.05, 0) is 6.07 Å². The van der Waals surface area contributed by atoms with Gasteiger partial charge in [-0.25, -0.2) is 15.0 Å². The third-order valence-corrected chi connectivity index (χ3v) is 4.33. The van der Waals surface area contributed by atoms with Gasteiger partial charge < -0.3 is 10.3 Å². The third-order valence-electron chi connectivity index (χ3n) is 2.58. The van der Waals surface area contributed by atoms with E-state index in [1.165, 1.54) is 12.7 Å². The molecule has 2 heterocycles. The Morgan fingerprint density at radius 1 is 0.950 bits per heavy atom. The molecule has 0 saturated heterocycles. The van der Waals surface area contributed by atoms with Crippen LogP contribution in [0, 0.1) is 0 Å². The molecule has 0 bridgehead atoms. The zero-order chi connectivity index (χ0) is 14.3. The molecule has 3 aromatic rings. The first-order chi connectivity index (χ1) is 9.58. The molecule has 2 N–H and O–H groups in total. The van der Waals surface area contributed by atoms with Crippen molar-refractivity contribution in [3.63, 3.8) is 0 Å². The largest absolute Gasteiger partial charge is 0.340 e. The normalized spacial score (nSPS) is 11.0. The molecule has 102 valence electrons. The summed E-state index contributed by atoms with van der Waals surface area (Å²) >= 11 is 24.1. The van der Waals surface area contributed by atoms with Crippen LogP contribution in [0.2, 0.25) is 20.1 Å². The van der Waals surface area contributed by atoms with Crippen molar-refractivity contribution >= 4 is 69.1 Å². The quantitative estimate of drug-likeness (QED) is 0.520. The van der Waals surface area contributed by atoms with Crippen LogP contribution in [0.4, 0.5) is 11.5 Å². The van der Waals surface area contributed by atoms with Crippen molar-refractivity contribution in [2.45, 2.75) is 0 Å². The summed E-state index contributed by atoms with van der Waals surface area (Å²) < 4.78 is 0. The van der Waals surface area contributed by atoms with Crippen molar-refractivity contribution in [1.82, 2.24) is 19.9 Å². The minimum absolute atomic E-state index is 0.179. The molecule has 9 heteroatoms. The van der Waals surface area contributed by atoms with E-state index in [0.29, 0.717) is 27.7 Å². The van der Waals surface area contributed by atoms with Crippen molar-refractivity contribution in [1.29, 1.82) is 0 Å². The summed E-state index contributed by atoms with van der Waals surface area (Å²) in [6.45, 7) is 0. The van der Waals surface area contributed by atoms with E-state index in [0.717, 1.165) is 0 Å². The Morgan fingerprint density at radius 3 is 2.55 bits per heavy atom. The molecule has 3 rings (SSSR count). The van der Waals surface area contributed by atoms with E-state index in [1.807, 2.05) is 0 Å². The highest BCUT2D eigenvalue weighted by Gasteiger charge is 2.15. The molecule has 0 fully saturated rings. The lowest BCUT2D eigenvalue weighted by molar-refractivity contribution is 1.20. The Balaban J connectivity index is 2.10. The molecular formula is C11H5Cl4N5. The Bertz CT molecular complexity index is 801. The van der Waals surface area contributed by atoms with Gasteiger partial charge >= 0.3 is 0 Å². The first-order valence-corrected chi connectivity index (χ1v) is 6.83. The number of aromatic amines is 1. The van der Waals surface area contributed by atoms with Crippen LogP contribution in [0.1, 0.15) is 0 Å².